The lowest BCUT2D eigenvalue weighted by Gasteiger charge is -2.29. The second-order valence-corrected chi connectivity index (χ2v) is 16.1. The van der Waals surface area contributed by atoms with Crippen molar-refractivity contribution >= 4 is 47.4 Å². The van der Waals surface area contributed by atoms with E-state index in [-0.39, 0.29) is 23.1 Å². The molecule has 5 unspecified atom stereocenters. The molecular formula is C40H47ClF2N8O7S. The zero-order chi connectivity index (χ0) is 42.4. The van der Waals surface area contributed by atoms with Crippen LogP contribution >= 0.6 is 23.4 Å². The number of alkyl carbamates (subject to hydrolysis) is 2. The molecule has 15 nitrogen and oxygen atoms in total. The quantitative estimate of drug-likeness (QED) is 0.105. The highest BCUT2D eigenvalue weighted by atomic mass is 35.5. The standard InChI is InChI=1S/C40H47ClF2N8O7S/c1-21(2)31(48-40(55)57-4)37(53)50-16-6-7-29(50)35-47-32(33(41)49-35)25-14-10-23(11-15-25)22-8-12-24(13-9-22)27-18-44-34(45-27)30-17-26(59-5)19-51(30)36(52)28(20-58-38(42)43)46-39(54)56-3/h8-15,18,21,26,28-31,38H,6-7,16-17,19-20H2,1-5H3,(H,44,45)(H,46,54)(H,47,49)(H,48,55). The Morgan fingerprint density at radius 2 is 1.51 bits per heavy atom. The van der Waals surface area contributed by atoms with Crippen LogP contribution in [0.1, 0.15) is 56.8 Å². The predicted molar refractivity (Wildman–Crippen MR) is 218 cm³/mol. The topological polar surface area (TPSA) is 184 Å². The number of halogens is 3. The molecule has 2 fully saturated rings. The predicted octanol–water partition coefficient (Wildman–Crippen LogP) is 6.80. The van der Waals surface area contributed by atoms with E-state index in [1.54, 1.807) is 22.9 Å². The molecule has 2 saturated heterocycles. The summed E-state index contributed by atoms with van der Waals surface area (Å²) in [4.78, 5) is 70.4. The van der Waals surface area contributed by atoms with E-state index in [0.717, 1.165) is 41.5 Å². The highest BCUT2D eigenvalue weighted by Crippen LogP contribution is 2.38. The van der Waals surface area contributed by atoms with Gasteiger partial charge in [0.25, 0.3) is 0 Å². The fourth-order valence-electron chi connectivity index (χ4n) is 7.44. The Morgan fingerprint density at radius 1 is 0.881 bits per heavy atom. The van der Waals surface area contributed by atoms with Gasteiger partial charge in [-0.05, 0) is 48.1 Å². The van der Waals surface area contributed by atoms with Crippen LogP contribution in [0, 0.1) is 5.92 Å². The van der Waals surface area contributed by atoms with Crippen molar-refractivity contribution in [2.45, 2.75) is 69.1 Å². The Bertz CT molecular complexity index is 2100. The normalized spacial score (nSPS) is 18.9. The third-order valence-corrected chi connectivity index (χ3v) is 11.8. The summed E-state index contributed by atoms with van der Waals surface area (Å²) in [6.07, 6.45) is 4.05. The van der Waals surface area contributed by atoms with Crippen LogP contribution in [0.25, 0.3) is 33.6 Å². The average molecular weight is 857 g/mol. The summed E-state index contributed by atoms with van der Waals surface area (Å²) >= 11 is 8.26. The number of ether oxygens (including phenoxy) is 3. The number of aromatic nitrogens is 4. The van der Waals surface area contributed by atoms with Crippen LogP contribution in [0.15, 0.2) is 54.7 Å². The van der Waals surface area contributed by atoms with Crippen molar-refractivity contribution in [2.75, 3.05) is 40.2 Å². The maximum atomic E-state index is 13.6. The molecule has 2 aliphatic rings. The number of methoxy groups -OCH3 is 2. The van der Waals surface area contributed by atoms with Gasteiger partial charge in [-0.2, -0.15) is 20.5 Å². The van der Waals surface area contributed by atoms with Gasteiger partial charge in [-0.25, -0.2) is 19.6 Å². The molecule has 2 aromatic carbocycles. The van der Waals surface area contributed by atoms with Crippen LogP contribution < -0.4 is 10.6 Å². The molecule has 6 rings (SSSR count). The lowest BCUT2D eigenvalue weighted by Crippen LogP contribution is -2.51. The molecule has 5 atom stereocenters. The minimum Gasteiger partial charge on any atom is -0.453 e. The highest BCUT2D eigenvalue weighted by molar-refractivity contribution is 7.99. The van der Waals surface area contributed by atoms with Gasteiger partial charge in [0, 0.05) is 23.9 Å². The first-order chi connectivity index (χ1) is 28.3. The van der Waals surface area contributed by atoms with Gasteiger partial charge in [0.1, 0.15) is 34.6 Å². The van der Waals surface area contributed by atoms with Gasteiger partial charge >= 0.3 is 18.8 Å². The Hall–Kier alpha value is -5.20. The number of thioether (sulfide) groups is 1. The van der Waals surface area contributed by atoms with Gasteiger partial charge in [0.15, 0.2) is 0 Å². The van der Waals surface area contributed by atoms with Gasteiger partial charge in [-0.15, -0.1) is 0 Å². The van der Waals surface area contributed by atoms with Crippen molar-refractivity contribution in [1.29, 1.82) is 0 Å². The summed E-state index contributed by atoms with van der Waals surface area (Å²) in [5.41, 5.74) is 4.85. The molecule has 0 spiro atoms. The smallest absolute Gasteiger partial charge is 0.407 e. The summed E-state index contributed by atoms with van der Waals surface area (Å²) < 4.78 is 39.5. The van der Waals surface area contributed by atoms with E-state index >= 15 is 0 Å². The first-order valence-corrected chi connectivity index (χ1v) is 20.7. The van der Waals surface area contributed by atoms with Gasteiger partial charge < -0.3 is 44.6 Å². The van der Waals surface area contributed by atoms with Crippen LogP contribution in [-0.2, 0) is 23.8 Å². The number of aromatic amines is 2. The number of amides is 4. The number of hydrogen-bond donors (Lipinski definition) is 4. The molecule has 0 aliphatic carbocycles. The Labute approximate surface area is 349 Å². The molecule has 4 N–H and O–H groups in total. The SMILES string of the molecule is COC(=O)NC(COC(F)F)C(=O)N1CC(SC)CC1c1ncc(-c2ccc(-c3ccc(-c4nc(C5CCCN5C(=O)C(NC(=O)OC)C(C)C)[nH]c4Cl)cc3)cc2)[nH]1. The summed E-state index contributed by atoms with van der Waals surface area (Å²) in [7, 11) is 2.38. The molecule has 316 valence electrons. The zero-order valence-corrected chi connectivity index (χ0v) is 34.7. The monoisotopic (exact) mass is 856 g/mol. The summed E-state index contributed by atoms with van der Waals surface area (Å²) in [5, 5.41) is 5.39. The Balaban J connectivity index is 1.14. The fourth-order valence-corrected chi connectivity index (χ4v) is 8.38. The van der Waals surface area contributed by atoms with Gasteiger partial charge in [0.2, 0.25) is 11.8 Å². The fraction of sp³-hybridized carbons (Fsp3) is 0.450. The zero-order valence-electron chi connectivity index (χ0n) is 33.2. The van der Waals surface area contributed by atoms with E-state index in [0.29, 0.717) is 48.4 Å². The molecule has 4 amide bonds. The number of imidazole rings is 2. The van der Waals surface area contributed by atoms with Gasteiger partial charge in [-0.1, -0.05) is 74.0 Å². The summed E-state index contributed by atoms with van der Waals surface area (Å²) in [6, 6.07) is 12.7. The number of H-pyrrole nitrogens is 2. The Morgan fingerprint density at radius 3 is 2.12 bits per heavy atom. The lowest BCUT2D eigenvalue weighted by molar-refractivity contribution is -0.150. The minimum absolute atomic E-state index is 0.0539. The average Bonchev–Trinajstić information content (AvgIpc) is 4.07. The van der Waals surface area contributed by atoms with E-state index in [2.05, 4.69) is 35.1 Å². The van der Waals surface area contributed by atoms with E-state index < -0.39 is 49.4 Å². The van der Waals surface area contributed by atoms with Crippen LogP contribution in [-0.4, -0.2) is 118 Å². The third kappa shape index (κ3) is 9.99. The maximum absolute atomic E-state index is 13.6. The van der Waals surface area contributed by atoms with Gasteiger partial charge in [0.05, 0.1) is 44.8 Å². The maximum Gasteiger partial charge on any atom is 0.407 e. The molecular weight excluding hydrogens is 810 g/mol. The van der Waals surface area contributed by atoms with Gasteiger partial charge in [-0.3, -0.25) is 9.59 Å². The third-order valence-electron chi connectivity index (χ3n) is 10.6. The molecule has 0 radical (unpaired) electrons. The number of nitrogens with one attached hydrogen (secondary N) is 4. The Kier molecular flexibility index (Phi) is 14.2. The van der Waals surface area contributed by atoms with Crippen LogP contribution in [0.5, 0.6) is 0 Å². The van der Waals surface area contributed by atoms with E-state index in [1.165, 1.54) is 12.0 Å². The molecule has 2 aromatic heterocycles. The number of benzene rings is 2. The molecule has 4 aromatic rings. The second-order valence-electron chi connectivity index (χ2n) is 14.6. The summed E-state index contributed by atoms with van der Waals surface area (Å²) in [5.74, 6) is 0.161. The van der Waals surface area contributed by atoms with E-state index in [9.17, 15) is 28.0 Å². The van der Waals surface area contributed by atoms with Crippen molar-refractivity contribution in [3.05, 3.63) is 71.5 Å². The minimum atomic E-state index is -3.12. The number of hydrogen-bond acceptors (Lipinski definition) is 10. The molecule has 19 heteroatoms. The molecule has 0 saturated carbocycles. The molecule has 2 aliphatic heterocycles. The number of alkyl halides is 2. The molecule has 0 bridgehead atoms. The van der Waals surface area contributed by atoms with Crippen molar-refractivity contribution in [3.8, 4) is 33.6 Å². The first kappa shape index (κ1) is 43.4. The second kappa shape index (κ2) is 19.2. The number of nitrogens with zero attached hydrogens (tertiary/aromatic N) is 4. The molecule has 59 heavy (non-hydrogen) atoms. The largest absolute Gasteiger partial charge is 0.453 e. The van der Waals surface area contributed by atoms with E-state index in [4.69, 9.17) is 21.3 Å². The van der Waals surface area contributed by atoms with Crippen LogP contribution in [0.2, 0.25) is 5.15 Å². The number of likely N-dealkylation sites (tertiary alicyclic amines) is 2. The number of rotatable bonds is 14. The first-order valence-electron chi connectivity index (χ1n) is 19.1. The van der Waals surface area contributed by atoms with Crippen LogP contribution in [0.3, 0.4) is 0 Å². The van der Waals surface area contributed by atoms with Crippen molar-refractivity contribution in [3.63, 3.8) is 0 Å². The lowest BCUT2D eigenvalue weighted by atomic mass is 10.0. The van der Waals surface area contributed by atoms with Crippen molar-refractivity contribution in [2.24, 2.45) is 5.92 Å². The van der Waals surface area contributed by atoms with Crippen molar-refractivity contribution in [1.82, 2.24) is 40.4 Å². The van der Waals surface area contributed by atoms with Crippen molar-refractivity contribution < 1.29 is 42.2 Å². The van der Waals surface area contributed by atoms with E-state index in [1.807, 2.05) is 68.6 Å². The number of carbonyl (C=O) groups excluding carboxylic acids is 4. The highest BCUT2D eigenvalue weighted by Gasteiger charge is 2.41. The summed E-state index contributed by atoms with van der Waals surface area (Å²) in [6.45, 7) is 0.737. The molecule has 4 heterocycles. The number of carbonyl (C=O) groups is 4. The van der Waals surface area contributed by atoms with Crippen LogP contribution in [0.4, 0.5) is 18.4 Å².